The molecule has 5 nitrogen and oxygen atoms in total. The number of hydrogen-bond acceptors (Lipinski definition) is 4. The highest BCUT2D eigenvalue weighted by molar-refractivity contribution is 7.91. The van der Waals surface area contributed by atoms with E-state index >= 15 is 0 Å². The first-order chi connectivity index (χ1) is 7.00. The van der Waals surface area contributed by atoms with Gasteiger partial charge < -0.3 is 4.90 Å². The molecule has 0 saturated carbocycles. The van der Waals surface area contributed by atoms with Gasteiger partial charge in [0.2, 0.25) is 5.91 Å². The third-order valence-corrected chi connectivity index (χ3v) is 4.34. The van der Waals surface area contributed by atoms with Gasteiger partial charge in [0.25, 0.3) is 0 Å². The first-order valence-electron chi connectivity index (χ1n) is 5.23. The Morgan fingerprint density at radius 1 is 1.47 bits per heavy atom. The molecule has 1 amide bonds. The van der Waals surface area contributed by atoms with Gasteiger partial charge >= 0.3 is 0 Å². The highest BCUT2D eigenvalue weighted by Gasteiger charge is 2.29. The molecule has 0 aromatic carbocycles. The summed E-state index contributed by atoms with van der Waals surface area (Å²) in [6, 6.07) is 0. The topological polar surface area (TPSA) is 66.5 Å². The molecule has 0 bridgehead atoms. The molecule has 0 radical (unpaired) electrons. The van der Waals surface area contributed by atoms with Gasteiger partial charge in [0.05, 0.1) is 18.5 Å². The van der Waals surface area contributed by atoms with Crippen LogP contribution in [0.2, 0.25) is 0 Å². The number of sulfone groups is 1. The largest absolute Gasteiger partial charge is 0.325 e. The summed E-state index contributed by atoms with van der Waals surface area (Å²) in [6.07, 6.45) is 0.808. The predicted molar refractivity (Wildman–Crippen MR) is 58.1 cm³/mol. The van der Waals surface area contributed by atoms with Gasteiger partial charge in [0.1, 0.15) is 0 Å². The van der Waals surface area contributed by atoms with Crippen LogP contribution in [0.15, 0.2) is 0 Å². The summed E-state index contributed by atoms with van der Waals surface area (Å²) < 4.78 is 22.6. The summed E-state index contributed by atoms with van der Waals surface area (Å²) in [6.45, 7) is 4.22. The zero-order valence-corrected chi connectivity index (χ0v) is 10.0. The predicted octanol–water partition coefficient (Wildman–Crippen LogP) is -0.411. The normalized spacial score (nSPS) is 22.4. The number of nitrogens with one attached hydrogen (secondary N) is 1. The molecule has 1 atom stereocenters. The van der Waals surface area contributed by atoms with E-state index in [-0.39, 0.29) is 23.6 Å². The quantitative estimate of drug-likeness (QED) is 0.702. The smallest absolute Gasteiger partial charge is 0.237 e. The minimum Gasteiger partial charge on any atom is -0.325 e. The molecule has 6 heteroatoms. The number of carbonyl (C=O) groups is 1. The molecule has 1 aliphatic heterocycles. The van der Waals surface area contributed by atoms with Crippen LogP contribution in [-0.2, 0) is 14.6 Å². The van der Waals surface area contributed by atoms with Crippen molar-refractivity contribution in [2.75, 3.05) is 24.6 Å². The molecular formula is C9H18N2O3S. The molecule has 0 aromatic rings. The van der Waals surface area contributed by atoms with Gasteiger partial charge in [0.15, 0.2) is 9.84 Å². The van der Waals surface area contributed by atoms with Crippen molar-refractivity contribution >= 4 is 15.7 Å². The number of rotatable bonds is 5. The average molecular weight is 234 g/mol. The molecule has 1 rings (SSSR count). The maximum Gasteiger partial charge on any atom is 0.237 e. The van der Waals surface area contributed by atoms with E-state index in [9.17, 15) is 13.2 Å². The molecule has 1 heterocycles. The van der Waals surface area contributed by atoms with Crippen LogP contribution in [-0.4, -0.2) is 50.0 Å². The Labute approximate surface area is 90.7 Å². The van der Waals surface area contributed by atoms with E-state index in [1.54, 1.807) is 11.8 Å². The van der Waals surface area contributed by atoms with Crippen molar-refractivity contribution in [3.05, 3.63) is 0 Å². The van der Waals surface area contributed by atoms with Crippen LogP contribution in [0.1, 0.15) is 20.3 Å². The molecule has 0 aromatic heterocycles. The lowest BCUT2D eigenvalue weighted by atomic mass is 10.3. The van der Waals surface area contributed by atoms with Crippen LogP contribution in [0.3, 0.4) is 0 Å². The minimum atomic E-state index is -2.98. The number of carbonyl (C=O) groups excluding carboxylic acids is 1. The van der Waals surface area contributed by atoms with Gasteiger partial charge in [-0.1, -0.05) is 13.8 Å². The molecule has 1 saturated heterocycles. The van der Waals surface area contributed by atoms with E-state index < -0.39 is 9.84 Å². The average Bonchev–Trinajstić information content (AvgIpc) is 2.56. The number of nitrogens with zero attached hydrogens (tertiary/aromatic N) is 1. The van der Waals surface area contributed by atoms with Crippen molar-refractivity contribution in [1.82, 2.24) is 10.2 Å². The van der Waals surface area contributed by atoms with Gasteiger partial charge in [-0.15, -0.1) is 0 Å². The van der Waals surface area contributed by atoms with Crippen molar-refractivity contribution in [2.24, 2.45) is 0 Å². The van der Waals surface area contributed by atoms with Crippen molar-refractivity contribution in [3.63, 3.8) is 0 Å². The Morgan fingerprint density at radius 2 is 2.13 bits per heavy atom. The molecular weight excluding hydrogens is 216 g/mol. The van der Waals surface area contributed by atoms with Gasteiger partial charge in [-0.05, 0) is 6.42 Å². The van der Waals surface area contributed by atoms with Gasteiger partial charge in [-0.2, -0.15) is 0 Å². The molecule has 1 aliphatic rings. The summed E-state index contributed by atoms with van der Waals surface area (Å²) in [7, 11) is -2.98. The fraction of sp³-hybridized carbons (Fsp3) is 0.889. The van der Waals surface area contributed by atoms with Gasteiger partial charge in [-0.25, -0.2) is 8.42 Å². The summed E-state index contributed by atoms with van der Waals surface area (Å²) in [5.74, 6) is 0.195. The van der Waals surface area contributed by atoms with E-state index in [1.165, 1.54) is 0 Å². The molecule has 15 heavy (non-hydrogen) atoms. The first-order valence-corrected chi connectivity index (χ1v) is 7.05. The summed E-state index contributed by atoms with van der Waals surface area (Å²) in [5, 5.41) is 3.04. The Hall–Kier alpha value is -0.620. The Kier molecular flexibility index (Phi) is 4.10. The summed E-state index contributed by atoms with van der Waals surface area (Å²) >= 11 is 0. The second-order valence-electron chi connectivity index (χ2n) is 3.63. The fourth-order valence-electron chi connectivity index (χ4n) is 1.62. The minimum absolute atomic E-state index is 0.00422. The Morgan fingerprint density at radius 3 is 2.67 bits per heavy atom. The maximum absolute atomic E-state index is 11.4. The number of hydrogen-bond donors (Lipinski definition) is 1. The van der Waals surface area contributed by atoms with E-state index in [0.29, 0.717) is 13.1 Å². The van der Waals surface area contributed by atoms with Crippen LogP contribution in [0, 0.1) is 0 Å². The fourth-order valence-corrected chi connectivity index (χ4v) is 2.38. The zero-order chi connectivity index (χ0) is 11.5. The lowest BCUT2D eigenvalue weighted by Crippen LogP contribution is -2.39. The van der Waals surface area contributed by atoms with E-state index in [2.05, 4.69) is 5.32 Å². The monoisotopic (exact) mass is 234 g/mol. The highest BCUT2D eigenvalue weighted by Crippen LogP contribution is 2.08. The molecule has 0 aliphatic carbocycles. The van der Waals surface area contributed by atoms with E-state index in [1.807, 2.05) is 6.92 Å². The van der Waals surface area contributed by atoms with E-state index in [4.69, 9.17) is 0 Å². The molecule has 1 unspecified atom stereocenters. The molecule has 1 fully saturated rings. The summed E-state index contributed by atoms with van der Waals surface area (Å²) in [5.41, 5.74) is 0. The van der Waals surface area contributed by atoms with Crippen molar-refractivity contribution < 1.29 is 13.2 Å². The molecule has 1 N–H and O–H groups in total. The van der Waals surface area contributed by atoms with Gasteiger partial charge in [-0.3, -0.25) is 10.1 Å². The lowest BCUT2D eigenvalue weighted by Gasteiger charge is -2.22. The first kappa shape index (κ1) is 12.4. The van der Waals surface area contributed by atoms with E-state index in [0.717, 1.165) is 6.42 Å². The second kappa shape index (κ2) is 4.94. The van der Waals surface area contributed by atoms with Crippen molar-refractivity contribution in [3.8, 4) is 0 Å². The third-order valence-electron chi connectivity index (χ3n) is 2.66. The molecule has 0 spiro atoms. The van der Waals surface area contributed by atoms with Crippen LogP contribution in [0.5, 0.6) is 0 Å². The Balaban J connectivity index is 2.53. The van der Waals surface area contributed by atoms with Crippen molar-refractivity contribution in [1.29, 1.82) is 0 Å². The Bertz CT molecular complexity index is 326. The third kappa shape index (κ3) is 3.17. The van der Waals surface area contributed by atoms with Crippen LogP contribution >= 0.6 is 0 Å². The summed E-state index contributed by atoms with van der Waals surface area (Å²) in [4.78, 5) is 13.0. The van der Waals surface area contributed by atoms with Crippen LogP contribution < -0.4 is 5.32 Å². The second-order valence-corrected chi connectivity index (χ2v) is 6.10. The lowest BCUT2D eigenvalue weighted by molar-refractivity contribution is -0.127. The van der Waals surface area contributed by atoms with Crippen LogP contribution in [0.4, 0.5) is 0 Å². The maximum atomic E-state index is 11.4. The zero-order valence-electron chi connectivity index (χ0n) is 9.19. The standard InChI is InChI=1S/C9H18N2O3S/c1-3-8-10-7-9(12)11(8)5-6-15(13,14)4-2/h8,10H,3-7H2,1-2H3. The van der Waals surface area contributed by atoms with Crippen molar-refractivity contribution in [2.45, 2.75) is 26.4 Å². The number of amides is 1. The highest BCUT2D eigenvalue weighted by atomic mass is 32.2. The molecule has 88 valence electrons. The van der Waals surface area contributed by atoms with Gasteiger partial charge in [0, 0.05) is 12.3 Å². The SMILES string of the molecule is CCC1NCC(=O)N1CCS(=O)(=O)CC. The van der Waals surface area contributed by atoms with Crippen LogP contribution in [0.25, 0.3) is 0 Å².